The minimum Gasteiger partial charge on any atom is -0.350 e. The maximum Gasteiger partial charge on any atom is 0.243 e. The molecular formula is C27H30BrCl2N3O2. The number of fused-ring (bicyclic) bond motifs is 3. The van der Waals surface area contributed by atoms with Crippen molar-refractivity contribution in [3.8, 4) is 0 Å². The molecule has 3 heterocycles. The van der Waals surface area contributed by atoms with Gasteiger partial charge in [0, 0.05) is 33.0 Å². The Morgan fingerprint density at radius 2 is 1.80 bits per heavy atom. The first-order valence-corrected chi connectivity index (χ1v) is 13.9. The maximum absolute atomic E-state index is 13.6. The highest BCUT2D eigenvalue weighted by Gasteiger charge is 2.53. The summed E-state index contributed by atoms with van der Waals surface area (Å²) < 4.78 is 0.974. The van der Waals surface area contributed by atoms with Crippen LogP contribution in [0.4, 0.5) is 0 Å². The molecule has 3 saturated heterocycles. The van der Waals surface area contributed by atoms with Gasteiger partial charge in [0.25, 0.3) is 0 Å². The number of nitrogens with zero attached hydrogens (tertiary/aromatic N) is 1. The van der Waals surface area contributed by atoms with Crippen LogP contribution in [0, 0.1) is 5.92 Å². The highest BCUT2D eigenvalue weighted by Crippen LogP contribution is 2.51. The van der Waals surface area contributed by atoms with Crippen LogP contribution in [0.5, 0.6) is 0 Å². The molecule has 2 unspecified atom stereocenters. The molecule has 2 aromatic rings. The smallest absolute Gasteiger partial charge is 0.243 e. The molecule has 0 aromatic heterocycles. The minimum absolute atomic E-state index is 0.106. The predicted octanol–water partition coefficient (Wildman–Crippen LogP) is 5.11. The number of rotatable bonds is 7. The highest BCUT2D eigenvalue weighted by molar-refractivity contribution is 9.10. The zero-order chi connectivity index (χ0) is 24.7. The Hall–Kier alpha value is -1.60. The van der Waals surface area contributed by atoms with Gasteiger partial charge in [-0.1, -0.05) is 57.3 Å². The van der Waals surface area contributed by atoms with Crippen molar-refractivity contribution < 1.29 is 9.59 Å². The van der Waals surface area contributed by atoms with E-state index in [1.54, 1.807) is 12.1 Å². The van der Waals surface area contributed by atoms with E-state index in [-0.39, 0.29) is 17.9 Å². The Morgan fingerprint density at radius 1 is 1.11 bits per heavy atom. The van der Waals surface area contributed by atoms with Gasteiger partial charge in [-0.2, -0.15) is 0 Å². The summed E-state index contributed by atoms with van der Waals surface area (Å²) >= 11 is 16.0. The van der Waals surface area contributed by atoms with Crippen LogP contribution in [0.1, 0.15) is 43.7 Å². The number of carbonyl (C=O) groups is 2. The third-order valence-electron chi connectivity index (χ3n) is 8.09. The van der Waals surface area contributed by atoms with Crippen LogP contribution in [0.15, 0.2) is 46.9 Å². The topological polar surface area (TPSA) is 61.4 Å². The van der Waals surface area contributed by atoms with Gasteiger partial charge in [0.2, 0.25) is 11.8 Å². The van der Waals surface area contributed by atoms with Crippen LogP contribution in [-0.2, 0) is 21.4 Å². The number of nitrogens with one attached hydrogen (secondary N) is 2. The number of piperidine rings is 3. The van der Waals surface area contributed by atoms with Gasteiger partial charge >= 0.3 is 0 Å². The van der Waals surface area contributed by atoms with Gasteiger partial charge in [-0.05, 0) is 87.0 Å². The van der Waals surface area contributed by atoms with Crippen LogP contribution >= 0.6 is 39.1 Å². The Labute approximate surface area is 225 Å². The molecule has 4 fully saturated rings. The molecule has 2 bridgehead atoms. The molecule has 3 aliphatic heterocycles. The van der Waals surface area contributed by atoms with Crippen molar-refractivity contribution in [1.29, 1.82) is 0 Å². The number of hydrogen-bond donors (Lipinski definition) is 2. The molecule has 2 amide bonds. The number of amides is 2. The summed E-state index contributed by atoms with van der Waals surface area (Å²) in [5, 5.41) is 7.45. The molecule has 8 heteroatoms. The van der Waals surface area contributed by atoms with Crippen molar-refractivity contribution >= 4 is 50.9 Å². The molecule has 6 rings (SSSR count). The summed E-state index contributed by atoms with van der Waals surface area (Å²) in [4.78, 5) is 29.7. The lowest BCUT2D eigenvalue weighted by Crippen LogP contribution is -2.64. The van der Waals surface area contributed by atoms with Gasteiger partial charge in [-0.25, -0.2) is 0 Å². The maximum atomic E-state index is 13.6. The zero-order valence-corrected chi connectivity index (χ0v) is 22.8. The molecule has 1 aliphatic carbocycles. The molecule has 2 N–H and O–H groups in total. The largest absolute Gasteiger partial charge is 0.350 e. The van der Waals surface area contributed by atoms with Crippen molar-refractivity contribution in [2.24, 2.45) is 5.92 Å². The molecule has 186 valence electrons. The van der Waals surface area contributed by atoms with Crippen LogP contribution in [0.2, 0.25) is 10.0 Å². The number of benzene rings is 2. The molecule has 1 saturated carbocycles. The lowest BCUT2D eigenvalue weighted by Gasteiger charge is -2.50. The Morgan fingerprint density at radius 3 is 2.40 bits per heavy atom. The van der Waals surface area contributed by atoms with E-state index in [1.165, 1.54) is 0 Å². The number of halogens is 3. The molecule has 5 nitrogen and oxygen atoms in total. The monoisotopic (exact) mass is 577 g/mol. The first-order valence-electron chi connectivity index (χ1n) is 12.3. The fraction of sp³-hybridized carbons (Fsp3) is 0.481. The van der Waals surface area contributed by atoms with Crippen molar-refractivity contribution in [2.75, 3.05) is 13.1 Å². The first kappa shape index (κ1) is 25.1. The third kappa shape index (κ3) is 5.13. The SMILES string of the molecule is CC1C(NC(=O)[C@H](Cc2ccc(Br)cc2)NC(=O)C2(c3ccc(Cl)cc3Cl)CC2)C2CCN1CC2. The zero-order valence-electron chi connectivity index (χ0n) is 19.7. The minimum atomic E-state index is -0.706. The second-order valence-electron chi connectivity index (χ2n) is 10.2. The van der Waals surface area contributed by atoms with Crippen LogP contribution in [0.25, 0.3) is 0 Å². The summed E-state index contributed by atoms with van der Waals surface area (Å²) in [6, 6.07) is 12.9. The average Bonchev–Trinajstić information content (AvgIpc) is 3.64. The normalized spacial score (nSPS) is 27.2. The molecule has 4 aliphatic rings. The highest BCUT2D eigenvalue weighted by atomic mass is 79.9. The average molecular weight is 579 g/mol. The Kier molecular flexibility index (Phi) is 7.19. The molecular weight excluding hydrogens is 549 g/mol. The van der Waals surface area contributed by atoms with E-state index < -0.39 is 11.5 Å². The van der Waals surface area contributed by atoms with Crippen molar-refractivity contribution in [1.82, 2.24) is 15.5 Å². The fourth-order valence-electron chi connectivity index (χ4n) is 5.79. The summed E-state index contributed by atoms with van der Waals surface area (Å²) in [7, 11) is 0. The van der Waals surface area contributed by atoms with E-state index in [0.717, 1.165) is 41.5 Å². The van der Waals surface area contributed by atoms with Crippen molar-refractivity contribution in [3.05, 3.63) is 68.1 Å². The van der Waals surface area contributed by atoms with Gasteiger partial charge < -0.3 is 10.6 Å². The first-order chi connectivity index (χ1) is 16.8. The summed E-state index contributed by atoms with van der Waals surface area (Å²) in [6.07, 6.45) is 4.03. The standard InChI is InChI=1S/C27H30BrCl2N3O2/c1-16-24(18-8-12-33(16)13-9-18)32-25(34)23(14-17-2-4-19(28)5-3-17)31-26(35)27(10-11-27)21-7-6-20(29)15-22(21)30/h2-7,15-16,18,23-24H,8-14H2,1H3,(H,31,35)(H,32,34)/t16?,23-,24?/m0/s1. The van der Waals surface area contributed by atoms with E-state index >= 15 is 0 Å². The number of carbonyl (C=O) groups excluding carboxylic acids is 2. The summed E-state index contributed by atoms with van der Waals surface area (Å²) in [5.74, 6) is 0.219. The van der Waals surface area contributed by atoms with Gasteiger partial charge in [0.15, 0.2) is 0 Å². The van der Waals surface area contributed by atoms with Gasteiger partial charge in [0.1, 0.15) is 6.04 Å². The molecule has 2 aromatic carbocycles. The number of hydrogen-bond acceptors (Lipinski definition) is 3. The van der Waals surface area contributed by atoms with E-state index in [2.05, 4.69) is 38.4 Å². The lowest BCUT2D eigenvalue weighted by molar-refractivity contribution is -0.131. The van der Waals surface area contributed by atoms with E-state index in [4.69, 9.17) is 23.2 Å². The molecule has 0 radical (unpaired) electrons. The molecule has 0 spiro atoms. The van der Waals surface area contributed by atoms with Crippen molar-refractivity contribution in [2.45, 2.75) is 62.6 Å². The lowest BCUT2D eigenvalue weighted by atomic mass is 9.79. The molecule has 3 atom stereocenters. The Bertz CT molecular complexity index is 1110. The quantitative estimate of drug-likeness (QED) is 0.480. The molecule has 35 heavy (non-hydrogen) atoms. The van der Waals surface area contributed by atoms with E-state index in [1.807, 2.05) is 30.3 Å². The third-order valence-corrected chi connectivity index (χ3v) is 9.17. The second-order valence-corrected chi connectivity index (χ2v) is 12.0. The van der Waals surface area contributed by atoms with E-state index in [9.17, 15) is 9.59 Å². The second kappa shape index (κ2) is 10.0. The predicted molar refractivity (Wildman–Crippen MR) is 143 cm³/mol. The summed E-state index contributed by atoms with van der Waals surface area (Å²) in [6.45, 7) is 4.39. The van der Waals surface area contributed by atoms with Crippen LogP contribution in [0.3, 0.4) is 0 Å². The Balaban J connectivity index is 1.36. The summed E-state index contributed by atoms with van der Waals surface area (Å²) in [5.41, 5.74) is 1.06. The van der Waals surface area contributed by atoms with Crippen molar-refractivity contribution in [3.63, 3.8) is 0 Å². The van der Waals surface area contributed by atoms with Crippen LogP contribution in [-0.4, -0.2) is 47.9 Å². The van der Waals surface area contributed by atoms with Crippen LogP contribution < -0.4 is 10.6 Å². The van der Waals surface area contributed by atoms with Gasteiger partial charge in [-0.3, -0.25) is 14.5 Å². The van der Waals surface area contributed by atoms with Gasteiger partial charge in [-0.15, -0.1) is 0 Å². The van der Waals surface area contributed by atoms with Gasteiger partial charge in [0.05, 0.1) is 5.41 Å². The fourth-order valence-corrected chi connectivity index (χ4v) is 6.65. The van der Waals surface area contributed by atoms with E-state index in [0.29, 0.717) is 41.3 Å².